The average Bonchev–Trinajstić information content (AvgIpc) is 2.85. The Morgan fingerprint density at radius 2 is 2.21 bits per heavy atom. The van der Waals surface area contributed by atoms with Gasteiger partial charge in [0, 0.05) is 11.1 Å². The molecule has 102 valence electrons. The van der Waals surface area contributed by atoms with Gasteiger partial charge in [-0.2, -0.15) is 0 Å². The molecule has 0 bridgehead atoms. The molecule has 1 amide bonds. The minimum Gasteiger partial charge on any atom is -0.384 e. The molecule has 1 fully saturated rings. The van der Waals surface area contributed by atoms with Crippen LogP contribution in [0.25, 0.3) is 0 Å². The Morgan fingerprint density at radius 1 is 1.47 bits per heavy atom. The van der Waals surface area contributed by atoms with Crippen LogP contribution in [0, 0.1) is 11.8 Å². The Bertz CT molecular complexity index is 504. The molecule has 1 aliphatic rings. The fourth-order valence-corrected chi connectivity index (χ4v) is 3.25. The predicted octanol–water partition coefficient (Wildman–Crippen LogP) is 2.54. The van der Waals surface area contributed by atoms with Crippen LogP contribution in [0.4, 0.5) is 0 Å². The van der Waals surface area contributed by atoms with E-state index in [0.29, 0.717) is 10.4 Å². The van der Waals surface area contributed by atoms with Crippen LogP contribution in [0.15, 0.2) is 11.4 Å². The number of amides is 1. The number of thiophene rings is 1. The van der Waals surface area contributed by atoms with Gasteiger partial charge in [-0.25, -0.2) is 0 Å². The lowest BCUT2D eigenvalue weighted by Gasteiger charge is -2.34. The van der Waals surface area contributed by atoms with Gasteiger partial charge in [-0.3, -0.25) is 4.79 Å². The quantitative estimate of drug-likeness (QED) is 0.816. The summed E-state index contributed by atoms with van der Waals surface area (Å²) in [5, 5.41) is 13.7. The van der Waals surface area contributed by atoms with Gasteiger partial charge in [-0.1, -0.05) is 31.1 Å². The number of carbonyl (C=O) groups is 1. The van der Waals surface area contributed by atoms with Crippen molar-refractivity contribution in [3.63, 3.8) is 0 Å². The summed E-state index contributed by atoms with van der Waals surface area (Å²) in [6, 6.07) is 1.82. The first-order chi connectivity index (χ1) is 9.14. The normalized spacial score (nSPS) is 17.4. The number of hydrogen-bond acceptors (Lipinski definition) is 3. The number of aliphatic hydroxyl groups excluding tert-OH is 1. The standard InChI is InChI=1S/C15H19NO2S/c1-15(8-3-2-4-9-15)16-14(18)13-12(6-5-10-17)7-11-19-13/h7,11,17H,2-4,8-10H2,1H3,(H,16,18). The van der Waals surface area contributed by atoms with Gasteiger partial charge in [-0.05, 0) is 31.2 Å². The number of hydrogen-bond donors (Lipinski definition) is 2. The van der Waals surface area contributed by atoms with Crippen LogP contribution in [0.2, 0.25) is 0 Å². The minimum absolute atomic E-state index is 0.0401. The predicted molar refractivity (Wildman–Crippen MR) is 77.2 cm³/mol. The summed E-state index contributed by atoms with van der Waals surface area (Å²) >= 11 is 1.40. The Labute approximate surface area is 118 Å². The highest BCUT2D eigenvalue weighted by molar-refractivity contribution is 7.12. The van der Waals surface area contributed by atoms with Crippen LogP contribution in [-0.2, 0) is 0 Å². The van der Waals surface area contributed by atoms with Crippen LogP contribution in [0.1, 0.15) is 54.3 Å². The van der Waals surface area contributed by atoms with E-state index >= 15 is 0 Å². The van der Waals surface area contributed by atoms with Crippen LogP contribution < -0.4 is 5.32 Å². The van der Waals surface area contributed by atoms with Gasteiger partial charge in [0.25, 0.3) is 5.91 Å². The molecular weight excluding hydrogens is 258 g/mol. The van der Waals surface area contributed by atoms with Gasteiger partial charge >= 0.3 is 0 Å². The SMILES string of the molecule is CC1(NC(=O)c2sccc2C#CCO)CCCCC1. The van der Waals surface area contributed by atoms with Gasteiger partial charge < -0.3 is 10.4 Å². The van der Waals surface area contributed by atoms with Crippen LogP contribution in [0.3, 0.4) is 0 Å². The van der Waals surface area contributed by atoms with E-state index in [2.05, 4.69) is 24.1 Å². The Balaban J connectivity index is 2.09. The number of carbonyl (C=O) groups excluding carboxylic acids is 1. The lowest BCUT2D eigenvalue weighted by molar-refractivity contribution is 0.0887. The molecule has 0 aromatic carbocycles. The fraction of sp³-hybridized carbons (Fsp3) is 0.533. The molecule has 0 aliphatic heterocycles. The summed E-state index contributed by atoms with van der Waals surface area (Å²) in [6.07, 6.45) is 5.71. The van der Waals surface area contributed by atoms with E-state index < -0.39 is 0 Å². The van der Waals surface area contributed by atoms with Gasteiger partial charge in [0.15, 0.2) is 0 Å². The molecule has 0 saturated heterocycles. The summed E-state index contributed by atoms with van der Waals surface area (Å²) < 4.78 is 0. The summed E-state index contributed by atoms with van der Waals surface area (Å²) in [5.41, 5.74) is 0.622. The molecule has 0 spiro atoms. The Kier molecular flexibility index (Phi) is 4.62. The van der Waals surface area contributed by atoms with Crippen molar-refractivity contribution in [3.8, 4) is 11.8 Å². The van der Waals surface area contributed by atoms with E-state index in [-0.39, 0.29) is 18.1 Å². The van der Waals surface area contributed by atoms with Crippen LogP contribution in [-0.4, -0.2) is 23.2 Å². The molecule has 1 aromatic heterocycles. The first-order valence-electron chi connectivity index (χ1n) is 6.64. The summed E-state index contributed by atoms with van der Waals surface area (Å²) in [5.74, 6) is 5.37. The van der Waals surface area contributed by atoms with Gasteiger partial charge in [0.2, 0.25) is 0 Å². The van der Waals surface area contributed by atoms with Crippen molar-refractivity contribution in [2.24, 2.45) is 0 Å². The molecule has 0 radical (unpaired) electrons. The zero-order valence-electron chi connectivity index (χ0n) is 11.2. The highest BCUT2D eigenvalue weighted by Crippen LogP contribution is 2.28. The highest BCUT2D eigenvalue weighted by Gasteiger charge is 2.29. The van der Waals surface area contributed by atoms with E-state index in [4.69, 9.17) is 5.11 Å². The zero-order valence-corrected chi connectivity index (χ0v) is 12.0. The minimum atomic E-state index is -0.186. The summed E-state index contributed by atoms with van der Waals surface area (Å²) in [7, 11) is 0. The maximum absolute atomic E-state index is 12.3. The zero-order chi connectivity index (χ0) is 13.7. The van der Waals surface area contributed by atoms with Crippen molar-refractivity contribution in [1.82, 2.24) is 5.32 Å². The lowest BCUT2D eigenvalue weighted by atomic mass is 9.83. The van der Waals surface area contributed by atoms with E-state index in [1.807, 2.05) is 11.4 Å². The second kappa shape index (κ2) is 6.23. The third-order valence-corrected chi connectivity index (χ3v) is 4.46. The molecule has 1 heterocycles. The summed E-state index contributed by atoms with van der Waals surface area (Å²) in [4.78, 5) is 13.0. The van der Waals surface area contributed by atoms with E-state index in [0.717, 1.165) is 12.8 Å². The molecule has 1 aromatic rings. The van der Waals surface area contributed by atoms with Crippen molar-refractivity contribution in [3.05, 3.63) is 21.9 Å². The average molecular weight is 277 g/mol. The molecule has 2 rings (SSSR count). The Morgan fingerprint density at radius 3 is 2.89 bits per heavy atom. The molecule has 19 heavy (non-hydrogen) atoms. The van der Waals surface area contributed by atoms with Crippen LogP contribution >= 0.6 is 11.3 Å². The third kappa shape index (κ3) is 3.59. The van der Waals surface area contributed by atoms with Crippen LogP contribution in [0.5, 0.6) is 0 Å². The van der Waals surface area contributed by atoms with Crippen molar-refractivity contribution < 1.29 is 9.90 Å². The molecule has 3 nitrogen and oxygen atoms in total. The summed E-state index contributed by atoms with van der Waals surface area (Å²) in [6.45, 7) is 1.94. The van der Waals surface area contributed by atoms with Gasteiger partial charge in [-0.15, -0.1) is 11.3 Å². The third-order valence-electron chi connectivity index (χ3n) is 3.55. The van der Waals surface area contributed by atoms with Crippen molar-refractivity contribution in [1.29, 1.82) is 0 Å². The maximum Gasteiger partial charge on any atom is 0.263 e. The molecule has 0 atom stereocenters. The number of aliphatic hydroxyl groups is 1. The van der Waals surface area contributed by atoms with Gasteiger partial charge in [0.05, 0.1) is 0 Å². The molecule has 0 unspecified atom stereocenters. The number of nitrogens with one attached hydrogen (secondary N) is 1. The largest absolute Gasteiger partial charge is 0.384 e. The second-order valence-corrected chi connectivity index (χ2v) is 6.11. The van der Waals surface area contributed by atoms with E-state index in [1.54, 1.807) is 0 Å². The van der Waals surface area contributed by atoms with Gasteiger partial charge in [0.1, 0.15) is 11.5 Å². The van der Waals surface area contributed by atoms with E-state index in [1.165, 1.54) is 30.6 Å². The molecule has 1 saturated carbocycles. The lowest BCUT2D eigenvalue weighted by Crippen LogP contribution is -2.47. The first-order valence-corrected chi connectivity index (χ1v) is 7.52. The molecule has 4 heteroatoms. The number of rotatable bonds is 2. The highest BCUT2D eigenvalue weighted by atomic mass is 32.1. The van der Waals surface area contributed by atoms with E-state index in [9.17, 15) is 4.79 Å². The second-order valence-electron chi connectivity index (χ2n) is 5.20. The molecular formula is C15H19NO2S. The molecule has 1 aliphatic carbocycles. The maximum atomic E-state index is 12.3. The van der Waals surface area contributed by atoms with Crippen molar-refractivity contribution in [2.45, 2.75) is 44.6 Å². The smallest absolute Gasteiger partial charge is 0.263 e. The monoisotopic (exact) mass is 277 g/mol. The van der Waals surface area contributed by atoms with Crippen molar-refractivity contribution >= 4 is 17.2 Å². The fourth-order valence-electron chi connectivity index (χ4n) is 2.51. The molecule has 2 N–H and O–H groups in total. The van der Waals surface area contributed by atoms with Crippen molar-refractivity contribution in [2.75, 3.05) is 6.61 Å². The Hall–Kier alpha value is -1.31. The first kappa shape index (κ1) is 14.1. The topological polar surface area (TPSA) is 49.3 Å².